The maximum absolute atomic E-state index is 13.1. The van der Waals surface area contributed by atoms with Crippen LogP contribution in [-0.4, -0.2) is 83.1 Å². The van der Waals surface area contributed by atoms with Gasteiger partial charge in [0.05, 0.1) is 37.1 Å². The number of pyridine rings is 2. The number of nitrogens with one attached hydrogen (secondary N) is 2. The smallest absolute Gasteiger partial charge is 0.410 e. The summed E-state index contributed by atoms with van der Waals surface area (Å²) in [4.78, 5) is 35.7. The molecular formula is C35H45ClF3N7O6S. The fourth-order valence-electron chi connectivity index (χ4n) is 6.47. The maximum atomic E-state index is 13.1. The van der Waals surface area contributed by atoms with Crippen LogP contribution in [0.3, 0.4) is 0 Å². The van der Waals surface area contributed by atoms with Gasteiger partial charge in [-0.3, -0.25) is 4.79 Å². The van der Waals surface area contributed by atoms with Crippen LogP contribution in [0.25, 0.3) is 5.82 Å². The Hall–Kier alpha value is -4.12. The summed E-state index contributed by atoms with van der Waals surface area (Å²) in [5.41, 5.74) is -0.470. The van der Waals surface area contributed by atoms with E-state index in [-0.39, 0.29) is 52.6 Å². The molecule has 2 aliphatic rings. The van der Waals surface area contributed by atoms with Gasteiger partial charge < -0.3 is 19.7 Å². The van der Waals surface area contributed by atoms with Crippen LogP contribution < -0.4 is 14.8 Å². The number of halogens is 4. The van der Waals surface area contributed by atoms with Gasteiger partial charge >= 0.3 is 12.3 Å². The van der Waals surface area contributed by atoms with Gasteiger partial charge in [0.1, 0.15) is 11.0 Å². The largest absolute Gasteiger partial charge is 0.490 e. The second-order valence-electron chi connectivity index (χ2n) is 14.1. The van der Waals surface area contributed by atoms with E-state index in [1.807, 2.05) is 16.5 Å². The molecule has 3 aromatic heterocycles. The molecule has 3 aromatic rings. The van der Waals surface area contributed by atoms with Gasteiger partial charge in [-0.15, -0.1) is 0 Å². The van der Waals surface area contributed by atoms with Crippen molar-refractivity contribution in [2.75, 3.05) is 31.6 Å². The first-order valence-corrected chi connectivity index (χ1v) is 19.6. The molecule has 0 aromatic carbocycles. The van der Waals surface area contributed by atoms with E-state index in [0.29, 0.717) is 37.2 Å². The van der Waals surface area contributed by atoms with Crippen molar-refractivity contribution in [1.29, 1.82) is 0 Å². The third kappa shape index (κ3) is 10.7. The zero-order valence-electron chi connectivity index (χ0n) is 29.9. The molecule has 2 amide bonds. The van der Waals surface area contributed by atoms with E-state index < -0.39 is 33.9 Å². The van der Waals surface area contributed by atoms with E-state index >= 15 is 0 Å². The Morgan fingerprint density at radius 1 is 1.08 bits per heavy atom. The molecule has 13 nitrogen and oxygen atoms in total. The van der Waals surface area contributed by atoms with E-state index in [1.54, 1.807) is 6.07 Å². The molecule has 3 unspecified atom stereocenters. The highest BCUT2D eigenvalue weighted by atomic mass is 35.5. The monoisotopic (exact) mass is 783 g/mol. The molecule has 4 heterocycles. The lowest BCUT2D eigenvalue weighted by molar-refractivity contribution is -0.151. The zero-order chi connectivity index (χ0) is 38.4. The van der Waals surface area contributed by atoms with Crippen LogP contribution in [0.4, 0.5) is 23.8 Å². The second-order valence-corrected chi connectivity index (χ2v) is 16.1. The van der Waals surface area contributed by atoms with Crippen molar-refractivity contribution in [3.63, 3.8) is 0 Å². The van der Waals surface area contributed by atoms with Crippen molar-refractivity contribution < 1.29 is 40.7 Å². The lowest BCUT2D eigenvalue weighted by Gasteiger charge is -2.30. The highest BCUT2D eigenvalue weighted by molar-refractivity contribution is 7.90. The molecule has 1 aliphatic carbocycles. The molecular weight excluding hydrogens is 739 g/mol. The highest BCUT2D eigenvalue weighted by Gasteiger charge is 2.55. The number of likely N-dealkylation sites (tertiary alicyclic amines) is 1. The number of rotatable bonds is 17. The van der Waals surface area contributed by atoms with E-state index in [1.165, 1.54) is 41.3 Å². The van der Waals surface area contributed by atoms with Crippen LogP contribution in [0.2, 0.25) is 5.15 Å². The predicted molar refractivity (Wildman–Crippen MR) is 191 cm³/mol. The molecule has 5 rings (SSSR count). The van der Waals surface area contributed by atoms with Crippen molar-refractivity contribution in [1.82, 2.24) is 29.4 Å². The first-order valence-electron chi connectivity index (χ1n) is 17.7. The maximum Gasteiger partial charge on any atom is 0.410 e. The van der Waals surface area contributed by atoms with Crippen LogP contribution in [0, 0.1) is 17.8 Å². The average Bonchev–Trinajstić information content (AvgIpc) is 3.62. The SMILES string of the molecule is CCCCOC(=O)N1CC(CCCCNc2cccc(S(=O)(=O)NC(=O)c3ccc(-n4cc(OCCC5CC5C(F)(F)F)cn4)nc3Cl)n2)CC1(C)C. The van der Waals surface area contributed by atoms with Crippen molar-refractivity contribution in [3.05, 3.63) is 53.4 Å². The normalized spacial score (nSPS) is 19.5. The molecule has 0 bridgehead atoms. The van der Waals surface area contributed by atoms with Gasteiger partial charge in [-0.1, -0.05) is 37.4 Å². The number of hydrogen-bond donors (Lipinski definition) is 2. The third-order valence-corrected chi connectivity index (χ3v) is 11.0. The quantitative estimate of drug-likeness (QED) is 0.108. The van der Waals surface area contributed by atoms with Gasteiger partial charge in [0, 0.05) is 18.6 Å². The number of alkyl halides is 3. The van der Waals surface area contributed by atoms with E-state index in [4.69, 9.17) is 21.1 Å². The number of carbonyl (C=O) groups is 2. The van der Waals surface area contributed by atoms with E-state index in [2.05, 4.69) is 34.2 Å². The van der Waals surface area contributed by atoms with Crippen molar-refractivity contribution in [3.8, 4) is 11.6 Å². The summed E-state index contributed by atoms with van der Waals surface area (Å²) in [5, 5.41) is 6.60. The lowest BCUT2D eigenvalue weighted by Crippen LogP contribution is -2.43. The Morgan fingerprint density at radius 2 is 1.87 bits per heavy atom. The van der Waals surface area contributed by atoms with Crippen LogP contribution in [0.1, 0.15) is 82.5 Å². The average molecular weight is 784 g/mol. The van der Waals surface area contributed by atoms with Crippen LogP contribution in [-0.2, 0) is 14.8 Å². The number of unbranched alkanes of at least 4 members (excludes halogenated alkanes) is 2. The molecule has 290 valence electrons. The van der Waals surface area contributed by atoms with Crippen molar-refractivity contribution in [2.45, 2.75) is 88.9 Å². The number of sulfonamides is 1. The molecule has 53 heavy (non-hydrogen) atoms. The minimum absolute atomic E-state index is 0.0949. The van der Waals surface area contributed by atoms with Crippen LogP contribution >= 0.6 is 11.6 Å². The third-order valence-electron chi connectivity index (χ3n) is 9.45. The minimum atomic E-state index is -4.38. The summed E-state index contributed by atoms with van der Waals surface area (Å²) in [6, 6.07) is 7.10. The summed E-state index contributed by atoms with van der Waals surface area (Å²) in [7, 11) is -4.38. The summed E-state index contributed by atoms with van der Waals surface area (Å²) >= 11 is 6.26. The molecule has 3 atom stereocenters. The van der Waals surface area contributed by atoms with Crippen molar-refractivity contribution in [2.24, 2.45) is 17.8 Å². The number of amides is 2. The topological polar surface area (TPSA) is 158 Å². The van der Waals surface area contributed by atoms with Gasteiger partial charge in [0.2, 0.25) is 0 Å². The molecule has 0 spiro atoms. The van der Waals surface area contributed by atoms with E-state index in [0.717, 1.165) is 38.5 Å². The molecule has 2 fully saturated rings. The molecule has 18 heteroatoms. The second kappa shape index (κ2) is 16.9. The summed E-state index contributed by atoms with van der Waals surface area (Å²) in [5.74, 6) is -1.53. The summed E-state index contributed by atoms with van der Waals surface area (Å²) < 4.78 is 78.6. The number of carbonyl (C=O) groups excluding carboxylic acids is 2. The molecule has 1 saturated carbocycles. The van der Waals surface area contributed by atoms with Gasteiger partial charge in [-0.05, 0) is 88.5 Å². The molecule has 2 N–H and O–H groups in total. The number of hydrogen-bond acceptors (Lipinski definition) is 10. The van der Waals surface area contributed by atoms with Gasteiger partial charge in [0.15, 0.2) is 16.6 Å². The number of nitrogens with zero attached hydrogens (tertiary/aromatic N) is 5. The van der Waals surface area contributed by atoms with Gasteiger partial charge in [-0.25, -0.2) is 24.2 Å². The van der Waals surface area contributed by atoms with Crippen molar-refractivity contribution >= 4 is 39.4 Å². The van der Waals surface area contributed by atoms with Gasteiger partial charge in [-0.2, -0.15) is 26.7 Å². The van der Waals surface area contributed by atoms with Crippen LogP contribution in [0.5, 0.6) is 5.75 Å². The zero-order valence-corrected chi connectivity index (χ0v) is 31.4. The first-order chi connectivity index (χ1) is 25.1. The Balaban J connectivity index is 1.07. The minimum Gasteiger partial charge on any atom is -0.490 e. The number of aromatic nitrogens is 4. The summed E-state index contributed by atoms with van der Waals surface area (Å²) in [6.07, 6.45) is 4.10. The Labute approximate surface area is 312 Å². The fraction of sp³-hybridized carbons (Fsp3) is 0.571. The molecule has 1 saturated heterocycles. The fourth-order valence-corrected chi connectivity index (χ4v) is 7.64. The lowest BCUT2D eigenvalue weighted by atomic mass is 9.93. The standard InChI is InChI=1S/C35H45ClF3N7O6S/c1-4-5-16-52-33(48)45-21-23(19-34(45,2)3)9-6-7-15-40-28-10-8-11-30(42-28)53(49,50)44-32(47)26-12-13-29(43-31(26)36)46-22-25(20-41-46)51-17-14-24-18-27(24)35(37,38)39/h8,10-13,20,22-24,27H,4-7,9,14-19,21H2,1-3H3,(H,40,42)(H,44,47). The Morgan fingerprint density at radius 3 is 2.58 bits per heavy atom. The first kappa shape index (κ1) is 40.1. The Kier molecular flexibility index (Phi) is 12.8. The van der Waals surface area contributed by atoms with E-state index in [9.17, 15) is 31.2 Å². The van der Waals surface area contributed by atoms with Crippen LogP contribution in [0.15, 0.2) is 47.8 Å². The number of ether oxygens (including phenoxy) is 2. The number of anilines is 1. The molecule has 0 radical (unpaired) electrons. The highest BCUT2D eigenvalue weighted by Crippen LogP contribution is 2.51. The molecule has 1 aliphatic heterocycles. The predicted octanol–water partition coefficient (Wildman–Crippen LogP) is 7.02. The van der Waals surface area contributed by atoms with Gasteiger partial charge in [0.25, 0.3) is 15.9 Å². The Bertz CT molecular complexity index is 1860. The summed E-state index contributed by atoms with van der Waals surface area (Å²) in [6.45, 7) is 7.90.